The molecule has 8 nitrogen and oxygen atoms in total. The minimum Gasteiger partial charge on any atom is -0.348 e. The summed E-state index contributed by atoms with van der Waals surface area (Å²) in [6.07, 6.45) is -3.80. The van der Waals surface area contributed by atoms with Crippen LogP contribution in [0.5, 0.6) is 0 Å². The Morgan fingerprint density at radius 3 is 2.57 bits per heavy atom. The highest BCUT2D eigenvalue weighted by Crippen LogP contribution is 2.42. The average Bonchev–Trinajstić information content (AvgIpc) is 3.01. The normalized spacial score (nSPS) is 21.5. The molecule has 1 unspecified atom stereocenters. The number of aryl methyl sites for hydroxylation is 1. The Morgan fingerprint density at radius 2 is 2.03 bits per heavy atom. The van der Waals surface area contributed by atoms with Crippen molar-refractivity contribution in [2.75, 3.05) is 24.6 Å². The van der Waals surface area contributed by atoms with Gasteiger partial charge in [-0.25, -0.2) is 0 Å². The van der Waals surface area contributed by atoms with E-state index in [9.17, 15) is 28.1 Å². The number of aromatic nitrogens is 1. The minimum absolute atomic E-state index is 0.0140. The monoisotopic (exact) mass is 445 g/mol. The zero-order valence-corrected chi connectivity index (χ0v) is 16.9. The Kier molecular flexibility index (Phi) is 4.98. The third-order valence-electron chi connectivity index (χ3n) is 5.42. The molecule has 2 aromatic rings. The fourth-order valence-electron chi connectivity index (χ4n) is 3.93. The van der Waals surface area contributed by atoms with E-state index >= 15 is 0 Å². The van der Waals surface area contributed by atoms with E-state index in [1.54, 1.807) is 4.90 Å². The van der Waals surface area contributed by atoms with Crippen molar-refractivity contribution in [1.82, 2.24) is 4.98 Å². The van der Waals surface area contributed by atoms with Crippen LogP contribution in [0.1, 0.15) is 30.9 Å². The van der Waals surface area contributed by atoms with Gasteiger partial charge in [-0.2, -0.15) is 18.2 Å². The third kappa shape index (κ3) is 3.52. The zero-order chi connectivity index (χ0) is 21.8. The molecule has 1 aromatic heterocycles. The van der Waals surface area contributed by atoms with Crippen molar-refractivity contribution >= 4 is 32.2 Å². The van der Waals surface area contributed by atoms with Crippen LogP contribution in [-0.4, -0.2) is 41.5 Å². The Morgan fingerprint density at radius 1 is 1.37 bits per heavy atom. The first-order chi connectivity index (χ1) is 14.0. The maximum atomic E-state index is 13.3. The van der Waals surface area contributed by atoms with Gasteiger partial charge in [-0.1, -0.05) is 11.3 Å². The second kappa shape index (κ2) is 7.13. The first-order valence-electron chi connectivity index (χ1n) is 9.27. The van der Waals surface area contributed by atoms with Crippen LogP contribution in [0, 0.1) is 17.0 Å². The fourth-order valence-corrected chi connectivity index (χ4v) is 5.13. The molecule has 2 fully saturated rings. The number of halogens is 3. The molecule has 1 aromatic carbocycles. The molecule has 0 radical (unpaired) electrons. The van der Waals surface area contributed by atoms with Crippen LogP contribution in [0.3, 0.4) is 0 Å². The maximum Gasteiger partial charge on any atom is 0.416 e. The first-order valence-corrected chi connectivity index (χ1v) is 10.1. The van der Waals surface area contributed by atoms with E-state index in [1.165, 1.54) is 0 Å². The molecule has 1 atom stereocenters. The predicted octanol–water partition coefficient (Wildman–Crippen LogP) is 3.62. The van der Waals surface area contributed by atoms with Crippen LogP contribution in [0.4, 0.5) is 24.0 Å². The number of piperidine rings is 1. The molecule has 12 heteroatoms. The molecule has 1 spiro atoms. The summed E-state index contributed by atoms with van der Waals surface area (Å²) in [4.78, 5) is 29.0. The van der Waals surface area contributed by atoms with Crippen molar-refractivity contribution in [2.24, 2.45) is 0 Å². The van der Waals surface area contributed by atoms with Gasteiger partial charge in [-0.3, -0.25) is 14.9 Å². The number of non-ortho nitro benzene ring substituents is 1. The highest BCUT2D eigenvalue weighted by Gasteiger charge is 2.43. The van der Waals surface area contributed by atoms with E-state index in [2.05, 4.69) is 4.98 Å². The molecule has 30 heavy (non-hydrogen) atoms. The molecule has 0 saturated carbocycles. The number of nitrogens with zero attached hydrogens (tertiary/aromatic N) is 3. The van der Waals surface area contributed by atoms with E-state index < -0.39 is 33.7 Å². The number of hydrogen-bond acceptors (Lipinski definition) is 8. The van der Waals surface area contributed by atoms with Gasteiger partial charge in [0.2, 0.25) is 0 Å². The van der Waals surface area contributed by atoms with Gasteiger partial charge in [-0.05, 0) is 19.4 Å². The molecule has 0 N–H and O–H groups in total. The molecule has 0 aliphatic carbocycles. The van der Waals surface area contributed by atoms with Crippen molar-refractivity contribution in [1.29, 1.82) is 0 Å². The van der Waals surface area contributed by atoms with Crippen LogP contribution in [-0.2, 0) is 15.7 Å². The van der Waals surface area contributed by atoms with Crippen LogP contribution >= 0.6 is 11.3 Å². The zero-order valence-electron chi connectivity index (χ0n) is 16.1. The smallest absolute Gasteiger partial charge is 0.348 e. The van der Waals surface area contributed by atoms with Crippen molar-refractivity contribution < 1.29 is 27.6 Å². The topological polar surface area (TPSA) is 94.8 Å². The molecule has 2 aliphatic rings. The number of benzene rings is 1. The number of fused-ring (bicyclic) bond motifs is 1. The van der Waals surface area contributed by atoms with Crippen LogP contribution < -0.4 is 10.5 Å². The average molecular weight is 445 g/mol. The number of alkyl halides is 3. The summed E-state index contributed by atoms with van der Waals surface area (Å²) in [5.74, 6) is -0.679. The minimum atomic E-state index is -4.82. The molecule has 4 rings (SSSR count). The van der Waals surface area contributed by atoms with Crippen molar-refractivity contribution in [2.45, 2.75) is 44.8 Å². The lowest BCUT2D eigenvalue weighted by Crippen LogP contribution is -2.45. The molecule has 0 amide bonds. The number of hydrogen-bond donors (Lipinski definition) is 0. The van der Waals surface area contributed by atoms with E-state index in [4.69, 9.17) is 9.47 Å². The summed E-state index contributed by atoms with van der Waals surface area (Å²) in [5.41, 5.74) is -3.22. The number of rotatable bonds is 2. The Bertz CT molecular complexity index is 1080. The Hall–Kier alpha value is -2.31. The van der Waals surface area contributed by atoms with E-state index in [-0.39, 0.29) is 26.9 Å². The standard InChI is InChI=1S/C18H18F3N3O5S/c1-9-8-28-17(29-9)3-5-23(6-4-17)16-22-15(25)13-10(2)11(18(19,20)21)7-12(24(26)27)14(13)30-16/h7,9H,3-6,8H2,1-2H3. The molecule has 3 heterocycles. The molecule has 2 aliphatic heterocycles. The Labute approximate surface area is 172 Å². The first kappa shape index (κ1) is 20.9. The van der Waals surface area contributed by atoms with Crippen LogP contribution in [0.25, 0.3) is 10.1 Å². The lowest BCUT2D eigenvalue weighted by Gasteiger charge is -2.38. The lowest BCUT2D eigenvalue weighted by molar-refractivity contribution is -0.383. The van der Waals surface area contributed by atoms with Gasteiger partial charge < -0.3 is 14.4 Å². The van der Waals surface area contributed by atoms with E-state index in [0.717, 1.165) is 18.3 Å². The molecule has 2 saturated heterocycles. The maximum absolute atomic E-state index is 13.3. The van der Waals surface area contributed by atoms with Gasteiger partial charge in [0.15, 0.2) is 10.9 Å². The van der Waals surface area contributed by atoms with Gasteiger partial charge >= 0.3 is 6.18 Å². The second-order valence-electron chi connectivity index (χ2n) is 7.47. The summed E-state index contributed by atoms with van der Waals surface area (Å²) in [7, 11) is 0. The van der Waals surface area contributed by atoms with Crippen LogP contribution in [0.2, 0.25) is 0 Å². The summed E-state index contributed by atoms with van der Waals surface area (Å²) in [5, 5.41) is 11.3. The highest BCUT2D eigenvalue weighted by molar-refractivity contribution is 7.22. The fraction of sp³-hybridized carbons (Fsp3) is 0.556. The lowest BCUT2D eigenvalue weighted by atomic mass is 10.0. The molecule has 162 valence electrons. The van der Waals surface area contributed by atoms with Crippen molar-refractivity contribution in [3.63, 3.8) is 0 Å². The Balaban J connectivity index is 1.76. The van der Waals surface area contributed by atoms with Gasteiger partial charge in [0.1, 0.15) is 4.70 Å². The highest BCUT2D eigenvalue weighted by atomic mass is 32.1. The number of ether oxygens (including phenoxy) is 2. The van der Waals surface area contributed by atoms with Gasteiger partial charge in [0.05, 0.1) is 28.6 Å². The summed E-state index contributed by atoms with van der Waals surface area (Å²) in [6.45, 7) is 4.41. The van der Waals surface area contributed by atoms with Gasteiger partial charge in [0, 0.05) is 32.0 Å². The number of nitro groups is 1. The predicted molar refractivity (Wildman–Crippen MR) is 103 cm³/mol. The third-order valence-corrected chi connectivity index (χ3v) is 6.57. The van der Waals surface area contributed by atoms with E-state index in [0.29, 0.717) is 38.6 Å². The van der Waals surface area contributed by atoms with Crippen LogP contribution in [0.15, 0.2) is 10.9 Å². The van der Waals surface area contributed by atoms with Gasteiger partial charge in [0.25, 0.3) is 11.2 Å². The molecular weight excluding hydrogens is 427 g/mol. The molecule has 0 bridgehead atoms. The quantitative estimate of drug-likeness (QED) is 0.515. The van der Waals surface area contributed by atoms with Gasteiger partial charge in [-0.15, -0.1) is 0 Å². The second-order valence-corrected chi connectivity index (χ2v) is 8.44. The number of anilines is 1. The SMILES string of the molecule is Cc1c(C(F)(F)F)cc([N+](=O)[O-])c2sc(N3CCC4(CC3)OCC(C)O4)nc(=O)c12. The van der Waals surface area contributed by atoms with E-state index in [1.807, 2.05) is 6.92 Å². The number of nitro benzene ring substituents is 1. The largest absolute Gasteiger partial charge is 0.416 e. The summed E-state index contributed by atoms with van der Waals surface area (Å²) in [6, 6.07) is 0.490. The summed E-state index contributed by atoms with van der Waals surface area (Å²) >= 11 is 0.852. The summed E-state index contributed by atoms with van der Waals surface area (Å²) < 4.78 is 51.5. The van der Waals surface area contributed by atoms with Crippen molar-refractivity contribution in [3.8, 4) is 0 Å². The van der Waals surface area contributed by atoms with Crippen molar-refractivity contribution in [3.05, 3.63) is 37.7 Å². The molecular formula is C18H18F3N3O5S.